The first-order chi connectivity index (χ1) is 14.8. The van der Waals surface area contributed by atoms with Gasteiger partial charge in [-0.25, -0.2) is 9.59 Å². The highest BCUT2D eigenvalue weighted by Gasteiger charge is 2.36. The maximum atomic E-state index is 12.8. The minimum Gasteiger partial charge on any atom is -0.462 e. The lowest BCUT2D eigenvalue weighted by atomic mass is 10.1. The van der Waals surface area contributed by atoms with Gasteiger partial charge in [-0.05, 0) is 38.1 Å². The first-order valence-corrected chi connectivity index (χ1v) is 9.93. The van der Waals surface area contributed by atoms with Crippen LogP contribution in [0.4, 0.5) is 11.5 Å². The molecule has 1 unspecified atom stereocenters. The third kappa shape index (κ3) is 4.73. The number of hydrogen-bond acceptors (Lipinski definition) is 7. The summed E-state index contributed by atoms with van der Waals surface area (Å²) in [6.45, 7) is 4.06. The van der Waals surface area contributed by atoms with Gasteiger partial charge in [0.05, 0.1) is 30.9 Å². The lowest BCUT2D eigenvalue weighted by molar-refractivity contribution is -0.122. The van der Waals surface area contributed by atoms with Gasteiger partial charge in [0.1, 0.15) is 11.4 Å². The van der Waals surface area contributed by atoms with Crippen LogP contribution in [0.1, 0.15) is 41.0 Å². The first kappa shape index (κ1) is 22.0. The fourth-order valence-corrected chi connectivity index (χ4v) is 3.29. The van der Waals surface area contributed by atoms with Crippen molar-refractivity contribution >= 4 is 35.3 Å². The largest absolute Gasteiger partial charge is 0.462 e. The molecule has 1 aromatic heterocycles. The quantitative estimate of drug-likeness (QED) is 0.667. The number of anilines is 2. The van der Waals surface area contributed by atoms with E-state index in [1.54, 1.807) is 45.2 Å². The molecule has 2 heterocycles. The second kappa shape index (κ2) is 9.41. The molecule has 10 nitrogen and oxygen atoms in total. The molecule has 0 spiro atoms. The lowest BCUT2D eigenvalue weighted by Crippen LogP contribution is -2.29. The molecule has 1 fully saturated rings. The van der Waals surface area contributed by atoms with E-state index >= 15 is 0 Å². The maximum absolute atomic E-state index is 12.8. The molecule has 1 saturated heterocycles. The van der Waals surface area contributed by atoms with Gasteiger partial charge in [-0.2, -0.15) is 5.10 Å². The van der Waals surface area contributed by atoms with Crippen LogP contribution in [0, 0.1) is 5.92 Å². The van der Waals surface area contributed by atoms with E-state index in [1.165, 1.54) is 15.8 Å². The van der Waals surface area contributed by atoms with Crippen LogP contribution < -0.4 is 10.2 Å². The highest BCUT2D eigenvalue weighted by atomic mass is 16.5. The summed E-state index contributed by atoms with van der Waals surface area (Å²) >= 11 is 0. The van der Waals surface area contributed by atoms with E-state index in [1.807, 2.05) is 0 Å². The van der Waals surface area contributed by atoms with Crippen molar-refractivity contribution in [2.75, 3.05) is 30.0 Å². The van der Waals surface area contributed by atoms with Crippen LogP contribution >= 0.6 is 0 Å². The fraction of sp³-hybridized carbons (Fsp3) is 0.381. The number of ether oxygens (including phenoxy) is 2. The van der Waals surface area contributed by atoms with E-state index in [2.05, 4.69) is 10.4 Å². The van der Waals surface area contributed by atoms with Crippen molar-refractivity contribution in [3.8, 4) is 0 Å². The second-order valence-corrected chi connectivity index (χ2v) is 6.91. The van der Waals surface area contributed by atoms with Gasteiger partial charge in [-0.15, -0.1) is 0 Å². The SMILES string of the molecule is CCOC(=O)c1ccc(N2CC(C(=O)Nc3c(C(=O)OCC)cnn3C)CC2=O)cc1. The summed E-state index contributed by atoms with van der Waals surface area (Å²) in [5.41, 5.74) is 1.11. The van der Waals surface area contributed by atoms with Crippen LogP contribution in [-0.4, -0.2) is 53.3 Å². The zero-order valence-corrected chi connectivity index (χ0v) is 17.6. The third-order valence-electron chi connectivity index (χ3n) is 4.86. The Kier molecular flexibility index (Phi) is 6.68. The summed E-state index contributed by atoms with van der Waals surface area (Å²) in [5.74, 6) is -2.02. The number of carbonyl (C=O) groups excluding carboxylic acids is 4. The molecule has 2 aromatic rings. The molecule has 0 saturated carbocycles. The molecular formula is C21H24N4O6. The van der Waals surface area contributed by atoms with Gasteiger partial charge in [0, 0.05) is 25.7 Å². The monoisotopic (exact) mass is 428 g/mol. The van der Waals surface area contributed by atoms with E-state index in [0.717, 1.165) is 0 Å². The first-order valence-electron chi connectivity index (χ1n) is 9.93. The van der Waals surface area contributed by atoms with E-state index < -0.39 is 23.8 Å². The van der Waals surface area contributed by atoms with Crippen molar-refractivity contribution in [2.24, 2.45) is 13.0 Å². The summed E-state index contributed by atoms with van der Waals surface area (Å²) in [4.78, 5) is 50.6. The second-order valence-electron chi connectivity index (χ2n) is 6.91. The van der Waals surface area contributed by atoms with Gasteiger partial charge in [-0.1, -0.05) is 0 Å². The number of nitrogens with zero attached hydrogens (tertiary/aromatic N) is 3. The Bertz CT molecular complexity index is 998. The molecule has 0 bridgehead atoms. The minimum atomic E-state index is -0.609. The Morgan fingerprint density at radius 1 is 1.10 bits per heavy atom. The number of aryl methyl sites for hydroxylation is 1. The molecule has 164 valence electrons. The van der Waals surface area contributed by atoms with Crippen molar-refractivity contribution in [3.05, 3.63) is 41.6 Å². The number of benzene rings is 1. The fourth-order valence-electron chi connectivity index (χ4n) is 3.29. The Balaban J connectivity index is 1.69. The van der Waals surface area contributed by atoms with Crippen LogP contribution in [0.15, 0.2) is 30.5 Å². The molecule has 1 aliphatic heterocycles. The summed E-state index contributed by atoms with van der Waals surface area (Å²) in [5, 5.41) is 6.69. The average molecular weight is 428 g/mol. The van der Waals surface area contributed by atoms with Gasteiger partial charge in [-0.3, -0.25) is 14.3 Å². The molecule has 2 amide bonds. The highest BCUT2D eigenvalue weighted by molar-refractivity contribution is 6.05. The lowest BCUT2D eigenvalue weighted by Gasteiger charge is -2.17. The van der Waals surface area contributed by atoms with Crippen LogP contribution in [0.5, 0.6) is 0 Å². The van der Waals surface area contributed by atoms with Gasteiger partial charge < -0.3 is 19.7 Å². The summed E-state index contributed by atoms with van der Waals surface area (Å²) in [6, 6.07) is 6.44. The van der Waals surface area contributed by atoms with Crippen molar-refractivity contribution in [2.45, 2.75) is 20.3 Å². The predicted octanol–water partition coefficient (Wildman–Crippen LogP) is 1.77. The minimum absolute atomic E-state index is 0.0258. The van der Waals surface area contributed by atoms with Gasteiger partial charge in [0.2, 0.25) is 11.8 Å². The molecule has 0 radical (unpaired) electrons. The van der Waals surface area contributed by atoms with E-state index in [-0.39, 0.29) is 43.5 Å². The number of carbonyl (C=O) groups is 4. The average Bonchev–Trinajstić information content (AvgIpc) is 3.31. The van der Waals surface area contributed by atoms with Crippen LogP contribution in [0.3, 0.4) is 0 Å². The van der Waals surface area contributed by atoms with Crippen molar-refractivity contribution < 1.29 is 28.7 Å². The molecule has 0 aliphatic carbocycles. The Hall–Kier alpha value is -3.69. The number of amides is 2. The van der Waals surface area contributed by atoms with Crippen molar-refractivity contribution in [1.82, 2.24) is 9.78 Å². The number of hydrogen-bond donors (Lipinski definition) is 1. The smallest absolute Gasteiger partial charge is 0.343 e. The van der Waals surface area contributed by atoms with Crippen molar-refractivity contribution in [3.63, 3.8) is 0 Å². The van der Waals surface area contributed by atoms with Crippen LogP contribution in [0.2, 0.25) is 0 Å². The topological polar surface area (TPSA) is 120 Å². The predicted molar refractivity (Wildman–Crippen MR) is 111 cm³/mol. The number of rotatable bonds is 7. The van der Waals surface area contributed by atoms with Crippen LogP contribution in [0.25, 0.3) is 0 Å². The zero-order valence-electron chi connectivity index (χ0n) is 17.6. The Morgan fingerprint density at radius 2 is 1.74 bits per heavy atom. The molecule has 1 aliphatic rings. The molecule has 1 atom stereocenters. The molecule has 31 heavy (non-hydrogen) atoms. The van der Waals surface area contributed by atoms with E-state index in [4.69, 9.17) is 9.47 Å². The summed E-state index contributed by atoms with van der Waals surface area (Å²) in [7, 11) is 1.59. The Labute approximate surface area is 179 Å². The standard InChI is InChI=1S/C21H24N4O6/c1-4-30-20(28)13-6-8-15(9-7-13)25-12-14(10-17(25)26)19(27)23-18-16(11-22-24(18)3)21(29)31-5-2/h6-9,11,14H,4-5,10,12H2,1-3H3,(H,23,27). The Morgan fingerprint density at radius 3 is 2.39 bits per heavy atom. The zero-order chi connectivity index (χ0) is 22.5. The van der Waals surface area contributed by atoms with Gasteiger partial charge in [0.25, 0.3) is 0 Å². The number of nitrogens with one attached hydrogen (secondary N) is 1. The van der Waals surface area contributed by atoms with E-state index in [9.17, 15) is 19.2 Å². The molecule has 1 aromatic carbocycles. The highest BCUT2D eigenvalue weighted by Crippen LogP contribution is 2.27. The summed E-state index contributed by atoms with van der Waals surface area (Å²) < 4.78 is 11.3. The normalized spacial score (nSPS) is 15.6. The summed E-state index contributed by atoms with van der Waals surface area (Å²) in [6.07, 6.45) is 1.35. The third-order valence-corrected chi connectivity index (χ3v) is 4.86. The van der Waals surface area contributed by atoms with E-state index in [0.29, 0.717) is 11.3 Å². The molecule has 1 N–H and O–H groups in total. The number of aromatic nitrogens is 2. The number of esters is 2. The van der Waals surface area contributed by atoms with Gasteiger partial charge >= 0.3 is 11.9 Å². The molecular weight excluding hydrogens is 404 g/mol. The van der Waals surface area contributed by atoms with Crippen molar-refractivity contribution in [1.29, 1.82) is 0 Å². The van der Waals surface area contributed by atoms with Crippen LogP contribution in [-0.2, 0) is 26.1 Å². The maximum Gasteiger partial charge on any atom is 0.343 e. The van der Waals surface area contributed by atoms with Gasteiger partial charge in [0.15, 0.2) is 0 Å². The molecule has 3 rings (SSSR count). The molecule has 10 heteroatoms.